The van der Waals surface area contributed by atoms with Crippen LogP contribution < -0.4 is 4.74 Å². The van der Waals surface area contributed by atoms with Crippen molar-refractivity contribution in [3.8, 4) is 11.4 Å². The molecule has 0 saturated heterocycles. The number of ether oxygens (including phenoxy) is 2. The van der Waals surface area contributed by atoms with Crippen LogP contribution in [0.25, 0.3) is 16.6 Å². The van der Waals surface area contributed by atoms with Crippen molar-refractivity contribution in [1.82, 2.24) is 4.57 Å². The number of carboxylic acid groups (broad SMARTS) is 1. The van der Waals surface area contributed by atoms with Crippen molar-refractivity contribution in [3.05, 3.63) is 59.8 Å². The van der Waals surface area contributed by atoms with Gasteiger partial charge >= 0.3 is 18.3 Å². The number of alkyl halides is 3. The maximum absolute atomic E-state index is 12.7. The second kappa shape index (κ2) is 7.04. The lowest BCUT2D eigenvalue weighted by molar-refractivity contribution is -0.274. The van der Waals surface area contributed by atoms with E-state index in [1.54, 1.807) is 18.2 Å². The molecule has 162 valence electrons. The molecule has 1 heterocycles. The Kier molecular flexibility index (Phi) is 4.72. The van der Waals surface area contributed by atoms with Gasteiger partial charge in [-0.1, -0.05) is 19.1 Å². The zero-order chi connectivity index (χ0) is 22.6. The lowest BCUT2D eigenvalue weighted by Crippen LogP contribution is -2.17. The van der Waals surface area contributed by atoms with Crippen molar-refractivity contribution >= 4 is 22.8 Å². The van der Waals surface area contributed by atoms with E-state index in [1.807, 2.05) is 13.0 Å². The van der Waals surface area contributed by atoms with E-state index in [0.29, 0.717) is 17.5 Å². The van der Waals surface area contributed by atoms with Gasteiger partial charge in [0.05, 0.1) is 18.5 Å². The molecule has 1 N–H and O–H groups in total. The summed E-state index contributed by atoms with van der Waals surface area (Å²) < 4.78 is 48.2. The first-order chi connectivity index (χ1) is 14.5. The highest BCUT2D eigenvalue weighted by atomic mass is 19.4. The second-order valence-corrected chi connectivity index (χ2v) is 7.69. The lowest BCUT2D eigenvalue weighted by Gasteiger charge is -2.15. The maximum atomic E-state index is 12.7. The summed E-state index contributed by atoms with van der Waals surface area (Å²) in [5.74, 6) is -2.31. The molecule has 2 unspecified atom stereocenters. The van der Waals surface area contributed by atoms with E-state index in [2.05, 4.69) is 4.74 Å². The molecule has 4 rings (SSSR count). The molecule has 1 aromatic heterocycles. The monoisotopic (exact) mass is 433 g/mol. The average Bonchev–Trinajstić information content (AvgIpc) is 3.26. The molecule has 1 saturated carbocycles. The molecule has 2 atom stereocenters. The topological polar surface area (TPSA) is 77.8 Å². The summed E-state index contributed by atoms with van der Waals surface area (Å²) in [5.41, 5.74) is 0.940. The van der Waals surface area contributed by atoms with E-state index in [0.717, 1.165) is 17.7 Å². The van der Waals surface area contributed by atoms with Gasteiger partial charge in [-0.15, -0.1) is 13.2 Å². The van der Waals surface area contributed by atoms with Gasteiger partial charge in [-0.3, -0.25) is 4.79 Å². The smallest absolute Gasteiger partial charge is 0.477 e. The SMILES string of the molecule is COC(=O)C1CC1(C)c1cccc(-n2c(C(=O)O)cc3ccc(OC(F)(F)F)cc32)c1. The molecule has 9 heteroatoms. The number of nitrogens with zero attached hydrogens (tertiary/aromatic N) is 1. The van der Waals surface area contributed by atoms with E-state index in [9.17, 15) is 27.9 Å². The third-order valence-electron chi connectivity index (χ3n) is 5.72. The van der Waals surface area contributed by atoms with Gasteiger partial charge in [0.2, 0.25) is 0 Å². The Labute approximate surface area is 174 Å². The van der Waals surface area contributed by atoms with E-state index in [1.165, 1.54) is 23.8 Å². The number of aromatic nitrogens is 1. The number of carbonyl (C=O) groups is 2. The van der Waals surface area contributed by atoms with Gasteiger partial charge in [-0.25, -0.2) is 4.79 Å². The third kappa shape index (κ3) is 3.71. The summed E-state index contributed by atoms with van der Waals surface area (Å²) in [6, 6.07) is 12.0. The molecular formula is C22H18F3NO5. The molecule has 0 amide bonds. The van der Waals surface area contributed by atoms with Gasteiger partial charge in [0.1, 0.15) is 11.4 Å². The summed E-state index contributed by atoms with van der Waals surface area (Å²) >= 11 is 0. The Balaban J connectivity index is 1.84. The van der Waals surface area contributed by atoms with Gasteiger partial charge < -0.3 is 19.1 Å². The fourth-order valence-corrected chi connectivity index (χ4v) is 3.98. The molecule has 31 heavy (non-hydrogen) atoms. The van der Waals surface area contributed by atoms with Crippen LogP contribution in [0.15, 0.2) is 48.5 Å². The zero-order valence-electron chi connectivity index (χ0n) is 16.6. The van der Waals surface area contributed by atoms with Crippen LogP contribution in [0, 0.1) is 5.92 Å². The minimum atomic E-state index is -4.87. The third-order valence-corrected chi connectivity index (χ3v) is 5.72. The van der Waals surface area contributed by atoms with Crippen LogP contribution >= 0.6 is 0 Å². The molecule has 6 nitrogen and oxygen atoms in total. The molecule has 0 aliphatic heterocycles. The number of aromatic carboxylic acids is 1. The second-order valence-electron chi connectivity index (χ2n) is 7.69. The van der Waals surface area contributed by atoms with Crippen LogP contribution in [0.4, 0.5) is 13.2 Å². The summed E-state index contributed by atoms with van der Waals surface area (Å²) in [4.78, 5) is 23.8. The number of hydrogen-bond donors (Lipinski definition) is 1. The van der Waals surface area contributed by atoms with Crippen LogP contribution in [0.2, 0.25) is 0 Å². The number of benzene rings is 2. The predicted octanol–water partition coefficient (Wildman–Crippen LogP) is 4.68. The van der Waals surface area contributed by atoms with Gasteiger partial charge in [0.25, 0.3) is 0 Å². The van der Waals surface area contributed by atoms with Crippen LogP contribution in [0.3, 0.4) is 0 Å². The van der Waals surface area contributed by atoms with Crippen LogP contribution in [0.1, 0.15) is 29.4 Å². The summed E-state index contributed by atoms with van der Waals surface area (Å²) in [7, 11) is 1.32. The maximum Gasteiger partial charge on any atom is 0.573 e. The lowest BCUT2D eigenvalue weighted by atomic mass is 9.95. The number of fused-ring (bicyclic) bond motifs is 1. The molecule has 1 aliphatic rings. The van der Waals surface area contributed by atoms with Gasteiger partial charge in [0.15, 0.2) is 0 Å². The van der Waals surface area contributed by atoms with Crippen molar-refractivity contribution in [3.63, 3.8) is 0 Å². The Morgan fingerprint density at radius 1 is 1.16 bits per heavy atom. The number of carboxylic acids is 1. The molecular weight excluding hydrogens is 415 g/mol. The van der Waals surface area contributed by atoms with E-state index < -0.39 is 23.5 Å². The molecule has 0 radical (unpaired) electrons. The highest BCUT2D eigenvalue weighted by Gasteiger charge is 2.56. The van der Waals surface area contributed by atoms with Crippen LogP contribution in [-0.2, 0) is 14.9 Å². The largest absolute Gasteiger partial charge is 0.573 e. The summed E-state index contributed by atoms with van der Waals surface area (Å²) in [6.07, 6.45) is -4.28. The molecule has 1 aliphatic carbocycles. The van der Waals surface area contributed by atoms with Crippen molar-refractivity contribution < 1.29 is 37.3 Å². The van der Waals surface area contributed by atoms with Crippen LogP contribution in [0.5, 0.6) is 5.75 Å². The quantitative estimate of drug-likeness (QED) is 0.592. The first-order valence-electron chi connectivity index (χ1n) is 9.37. The highest BCUT2D eigenvalue weighted by Crippen LogP contribution is 2.54. The predicted molar refractivity (Wildman–Crippen MR) is 104 cm³/mol. The Morgan fingerprint density at radius 3 is 2.55 bits per heavy atom. The van der Waals surface area contributed by atoms with E-state index in [-0.39, 0.29) is 23.1 Å². The first kappa shape index (κ1) is 20.8. The van der Waals surface area contributed by atoms with Gasteiger partial charge in [0, 0.05) is 22.6 Å². The van der Waals surface area contributed by atoms with Crippen molar-refractivity contribution in [2.24, 2.45) is 5.92 Å². The molecule has 0 spiro atoms. The summed E-state index contributed by atoms with van der Waals surface area (Å²) in [5, 5.41) is 10.1. The average molecular weight is 433 g/mol. The molecule has 1 fully saturated rings. The Hall–Kier alpha value is -3.49. The Morgan fingerprint density at radius 2 is 1.90 bits per heavy atom. The number of halogens is 3. The van der Waals surface area contributed by atoms with Crippen molar-refractivity contribution in [2.75, 3.05) is 7.11 Å². The molecule has 3 aromatic rings. The minimum absolute atomic E-state index is 0.109. The van der Waals surface area contributed by atoms with Crippen molar-refractivity contribution in [2.45, 2.75) is 25.1 Å². The number of carbonyl (C=O) groups excluding carboxylic acids is 1. The first-order valence-corrected chi connectivity index (χ1v) is 9.37. The zero-order valence-corrected chi connectivity index (χ0v) is 16.6. The summed E-state index contributed by atoms with van der Waals surface area (Å²) in [6.45, 7) is 1.91. The van der Waals surface area contributed by atoms with E-state index in [4.69, 9.17) is 4.74 Å². The molecule has 2 aromatic carbocycles. The van der Waals surface area contributed by atoms with Gasteiger partial charge in [-0.2, -0.15) is 0 Å². The minimum Gasteiger partial charge on any atom is -0.477 e. The van der Waals surface area contributed by atoms with Crippen molar-refractivity contribution in [1.29, 1.82) is 0 Å². The molecule has 0 bridgehead atoms. The number of esters is 1. The number of methoxy groups -OCH3 is 1. The fraction of sp³-hybridized carbons (Fsp3) is 0.273. The Bertz CT molecular complexity index is 1200. The normalized spacial score (nSPS) is 20.5. The standard InChI is InChI=1S/C22H18F3NO5/c1-21(11-16(21)20(29)30-2)13-4-3-5-14(9-13)26-17-10-15(31-22(23,24)25)7-6-12(17)8-18(26)19(27)28/h3-10,16H,11H2,1-2H3,(H,27,28). The highest BCUT2D eigenvalue weighted by molar-refractivity contribution is 5.96. The van der Waals surface area contributed by atoms with E-state index >= 15 is 0 Å². The number of rotatable bonds is 5. The number of hydrogen-bond acceptors (Lipinski definition) is 4. The van der Waals surface area contributed by atoms with Gasteiger partial charge in [-0.05, 0) is 42.3 Å². The van der Waals surface area contributed by atoms with Crippen LogP contribution in [-0.4, -0.2) is 35.1 Å². The fourth-order valence-electron chi connectivity index (χ4n) is 3.98.